The third-order valence-corrected chi connectivity index (χ3v) is 5.49. The number of aromatic nitrogens is 1. The van der Waals surface area contributed by atoms with Gasteiger partial charge in [0.1, 0.15) is 5.01 Å². The highest BCUT2D eigenvalue weighted by molar-refractivity contribution is 7.11. The van der Waals surface area contributed by atoms with Gasteiger partial charge < -0.3 is 5.32 Å². The van der Waals surface area contributed by atoms with Crippen molar-refractivity contribution in [2.45, 2.75) is 46.1 Å². The van der Waals surface area contributed by atoms with Crippen molar-refractivity contribution in [3.63, 3.8) is 0 Å². The minimum Gasteiger partial charge on any atom is -0.310 e. The Hall–Kier alpha value is -0.120. The van der Waals surface area contributed by atoms with Crippen molar-refractivity contribution < 1.29 is 0 Å². The van der Waals surface area contributed by atoms with Crippen molar-refractivity contribution in [3.8, 4) is 0 Å². The van der Waals surface area contributed by atoms with Crippen molar-refractivity contribution >= 4 is 22.9 Å². The van der Waals surface area contributed by atoms with Crippen LogP contribution in [0.4, 0.5) is 0 Å². The minimum atomic E-state index is 0.715. The zero-order chi connectivity index (χ0) is 13.0. The first kappa shape index (κ1) is 14.3. The molecule has 0 spiro atoms. The van der Waals surface area contributed by atoms with Gasteiger partial charge >= 0.3 is 0 Å². The Bertz CT molecular complexity index is 358. The molecule has 102 valence electrons. The van der Waals surface area contributed by atoms with Crippen LogP contribution in [-0.4, -0.2) is 17.4 Å². The molecule has 0 radical (unpaired) electrons. The number of alkyl halides is 1. The van der Waals surface area contributed by atoms with Gasteiger partial charge in [-0.2, -0.15) is 0 Å². The van der Waals surface area contributed by atoms with E-state index in [9.17, 15) is 0 Å². The fourth-order valence-electron chi connectivity index (χ4n) is 2.74. The lowest BCUT2D eigenvalue weighted by Crippen LogP contribution is -2.31. The fourth-order valence-corrected chi connectivity index (χ4v) is 4.05. The lowest BCUT2D eigenvalue weighted by Gasteiger charge is -2.30. The highest BCUT2D eigenvalue weighted by Gasteiger charge is 2.23. The largest absolute Gasteiger partial charge is 0.310 e. The molecular formula is C14H23ClN2S. The SMILES string of the molecule is Cc1nc(CNCC2CCCCC2CCl)sc1C. The van der Waals surface area contributed by atoms with Crippen LogP contribution in [0, 0.1) is 25.7 Å². The van der Waals surface area contributed by atoms with Gasteiger partial charge in [0, 0.05) is 17.3 Å². The Morgan fingerprint density at radius 3 is 2.61 bits per heavy atom. The monoisotopic (exact) mass is 286 g/mol. The van der Waals surface area contributed by atoms with Gasteiger partial charge in [0.05, 0.1) is 5.69 Å². The van der Waals surface area contributed by atoms with Gasteiger partial charge in [-0.05, 0) is 45.1 Å². The van der Waals surface area contributed by atoms with Crippen LogP contribution in [0.15, 0.2) is 0 Å². The maximum Gasteiger partial charge on any atom is 0.107 e. The van der Waals surface area contributed by atoms with E-state index >= 15 is 0 Å². The van der Waals surface area contributed by atoms with Crippen molar-refractivity contribution in [3.05, 3.63) is 15.6 Å². The molecule has 1 N–H and O–H groups in total. The first-order chi connectivity index (χ1) is 8.70. The van der Waals surface area contributed by atoms with Crippen molar-refractivity contribution in [2.75, 3.05) is 12.4 Å². The number of nitrogens with one attached hydrogen (secondary N) is 1. The first-order valence-corrected chi connectivity index (χ1v) is 8.25. The lowest BCUT2D eigenvalue weighted by atomic mass is 9.80. The van der Waals surface area contributed by atoms with E-state index in [-0.39, 0.29) is 0 Å². The maximum absolute atomic E-state index is 6.06. The summed E-state index contributed by atoms with van der Waals surface area (Å²) in [5.41, 5.74) is 1.17. The van der Waals surface area contributed by atoms with Crippen molar-refractivity contribution in [1.82, 2.24) is 10.3 Å². The molecule has 2 unspecified atom stereocenters. The summed E-state index contributed by atoms with van der Waals surface area (Å²) in [5, 5.41) is 4.78. The third-order valence-electron chi connectivity index (χ3n) is 4.02. The Balaban J connectivity index is 1.77. The molecule has 0 amide bonds. The van der Waals surface area contributed by atoms with Crippen LogP contribution in [0.25, 0.3) is 0 Å². The molecule has 18 heavy (non-hydrogen) atoms. The predicted molar refractivity (Wildman–Crippen MR) is 79.5 cm³/mol. The number of halogens is 1. The van der Waals surface area contributed by atoms with E-state index in [0.29, 0.717) is 5.92 Å². The van der Waals surface area contributed by atoms with Gasteiger partial charge in [-0.15, -0.1) is 22.9 Å². The highest BCUT2D eigenvalue weighted by atomic mass is 35.5. The molecule has 0 saturated heterocycles. The third kappa shape index (κ3) is 3.69. The molecule has 2 atom stereocenters. The maximum atomic E-state index is 6.06. The molecule has 1 aromatic heterocycles. The van der Waals surface area contributed by atoms with E-state index in [1.54, 1.807) is 0 Å². The molecule has 2 nitrogen and oxygen atoms in total. The van der Waals surface area contributed by atoms with E-state index < -0.39 is 0 Å². The molecule has 1 saturated carbocycles. The quantitative estimate of drug-likeness (QED) is 0.831. The molecule has 1 aliphatic rings. The Labute approximate surface area is 119 Å². The van der Waals surface area contributed by atoms with Crippen LogP contribution in [0.1, 0.15) is 41.3 Å². The van der Waals surface area contributed by atoms with Crippen molar-refractivity contribution in [1.29, 1.82) is 0 Å². The zero-order valence-corrected chi connectivity index (χ0v) is 12.9. The molecule has 1 heterocycles. The normalized spacial score (nSPS) is 24.4. The van der Waals surface area contributed by atoms with E-state index in [0.717, 1.165) is 24.9 Å². The molecule has 0 aromatic carbocycles. The van der Waals surface area contributed by atoms with Crippen LogP contribution in [0.3, 0.4) is 0 Å². The van der Waals surface area contributed by atoms with E-state index in [1.165, 1.54) is 41.3 Å². The van der Waals surface area contributed by atoms with E-state index in [2.05, 4.69) is 24.1 Å². The number of hydrogen-bond donors (Lipinski definition) is 1. The van der Waals surface area contributed by atoms with E-state index in [1.807, 2.05) is 11.3 Å². The second kappa shape index (κ2) is 6.88. The summed E-state index contributed by atoms with van der Waals surface area (Å²) in [6, 6.07) is 0. The zero-order valence-electron chi connectivity index (χ0n) is 11.3. The lowest BCUT2D eigenvalue weighted by molar-refractivity contribution is 0.250. The summed E-state index contributed by atoms with van der Waals surface area (Å²) >= 11 is 7.86. The summed E-state index contributed by atoms with van der Waals surface area (Å²) in [6.45, 7) is 6.22. The number of hydrogen-bond acceptors (Lipinski definition) is 3. The summed E-state index contributed by atoms with van der Waals surface area (Å²) in [4.78, 5) is 5.90. The number of nitrogens with zero attached hydrogens (tertiary/aromatic N) is 1. The Morgan fingerprint density at radius 1 is 1.28 bits per heavy atom. The summed E-state index contributed by atoms with van der Waals surface area (Å²) in [6.07, 6.45) is 5.37. The smallest absolute Gasteiger partial charge is 0.107 e. The van der Waals surface area contributed by atoms with E-state index in [4.69, 9.17) is 11.6 Å². The molecule has 0 aliphatic heterocycles. The molecule has 4 heteroatoms. The van der Waals surface area contributed by atoms with Crippen LogP contribution in [0.2, 0.25) is 0 Å². The van der Waals surface area contributed by atoms with Gasteiger partial charge in [-0.3, -0.25) is 0 Å². The summed E-state index contributed by atoms with van der Waals surface area (Å²) in [7, 11) is 0. The van der Waals surface area contributed by atoms with Crippen LogP contribution >= 0.6 is 22.9 Å². The molecule has 2 rings (SSSR count). The number of aryl methyl sites for hydroxylation is 2. The topological polar surface area (TPSA) is 24.9 Å². The summed E-state index contributed by atoms with van der Waals surface area (Å²) < 4.78 is 0. The molecule has 1 aromatic rings. The fraction of sp³-hybridized carbons (Fsp3) is 0.786. The first-order valence-electron chi connectivity index (χ1n) is 6.90. The van der Waals surface area contributed by atoms with Crippen LogP contribution in [-0.2, 0) is 6.54 Å². The minimum absolute atomic E-state index is 0.715. The Kier molecular flexibility index (Phi) is 5.46. The predicted octanol–water partition coefficient (Wildman–Crippen LogP) is 3.89. The van der Waals surface area contributed by atoms with Crippen LogP contribution in [0.5, 0.6) is 0 Å². The second-order valence-electron chi connectivity index (χ2n) is 5.34. The number of rotatable bonds is 5. The summed E-state index contributed by atoms with van der Waals surface area (Å²) in [5.74, 6) is 2.30. The van der Waals surface area contributed by atoms with Crippen molar-refractivity contribution in [2.24, 2.45) is 11.8 Å². The molecule has 1 fully saturated rings. The standard InChI is InChI=1S/C14H23ClN2S/c1-10-11(2)18-14(17-10)9-16-8-13-6-4-3-5-12(13)7-15/h12-13,16H,3-9H2,1-2H3. The second-order valence-corrected chi connectivity index (χ2v) is 6.94. The van der Waals surface area contributed by atoms with Crippen LogP contribution < -0.4 is 5.32 Å². The molecular weight excluding hydrogens is 264 g/mol. The van der Waals surface area contributed by atoms with Gasteiger partial charge in [0.25, 0.3) is 0 Å². The average Bonchev–Trinajstić information content (AvgIpc) is 2.69. The van der Waals surface area contributed by atoms with Gasteiger partial charge in [-0.25, -0.2) is 4.98 Å². The van der Waals surface area contributed by atoms with Gasteiger partial charge in [0.2, 0.25) is 0 Å². The molecule has 0 bridgehead atoms. The van der Waals surface area contributed by atoms with Gasteiger partial charge in [-0.1, -0.05) is 12.8 Å². The highest BCUT2D eigenvalue weighted by Crippen LogP contribution is 2.30. The molecule has 1 aliphatic carbocycles. The van der Waals surface area contributed by atoms with Gasteiger partial charge in [0.15, 0.2) is 0 Å². The average molecular weight is 287 g/mol. The Morgan fingerprint density at radius 2 is 2.00 bits per heavy atom. The number of thiazole rings is 1.